The van der Waals surface area contributed by atoms with E-state index in [2.05, 4.69) is 15.6 Å². The maximum atomic E-state index is 15.2. The number of ether oxygens (including phenoxy) is 1. The predicted molar refractivity (Wildman–Crippen MR) is 172 cm³/mol. The third-order valence-corrected chi connectivity index (χ3v) is 8.50. The third-order valence-electron chi connectivity index (χ3n) is 8.50. The van der Waals surface area contributed by atoms with E-state index < -0.39 is 53.0 Å². The molecule has 0 fully saturated rings. The van der Waals surface area contributed by atoms with Crippen molar-refractivity contribution in [2.24, 2.45) is 7.05 Å². The monoisotopic (exact) mass is 683 g/mol. The molecule has 0 bridgehead atoms. The number of nitrogens with zero attached hydrogens (tertiary/aromatic N) is 3. The number of fused-ring (bicyclic) bond motifs is 4. The summed E-state index contributed by atoms with van der Waals surface area (Å²) in [5.41, 5.74) is -1.71. The smallest absolute Gasteiger partial charge is 0.417 e. The number of aromatic nitrogens is 3. The first-order valence-electron chi connectivity index (χ1n) is 15.3. The third kappa shape index (κ3) is 6.16. The van der Waals surface area contributed by atoms with Gasteiger partial charge in [-0.1, -0.05) is 12.1 Å². The standard InChI is InChI=1S/C35H31F6N5O3/c1-18-43-30-25(45(18)4)16-22(35(39,40)41)28-21-7-6-11-46-26(15-19(31(21)46)9-12-49-33(28)30)32(48)20-13-23(37)29(24(38)14-20)44-27(47)8-5-10-42-34(2,3)17-36/h5-8,11,13-16,42H,9-10,12,17H2,1-4H3,(H,44,47)/b8-5+. The summed E-state index contributed by atoms with van der Waals surface area (Å²) in [5.74, 6) is -3.62. The number of hydrogen-bond donors (Lipinski definition) is 2. The zero-order valence-electron chi connectivity index (χ0n) is 26.9. The zero-order valence-corrected chi connectivity index (χ0v) is 26.9. The number of benzene rings is 2. The first kappa shape index (κ1) is 33.8. The van der Waals surface area contributed by atoms with Crippen LogP contribution in [-0.4, -0.2) is 51.0 Å². The van der Waals surface area contributed by atoms with Crippen LogP contribution in [0.4, 0.5) is 32.0 Å². The lowest BCUT2D eigenvalue weighted by atomic mass is 9.94. The molecule has 0 atom stereocenters. The van der Waals surface area contributed by atoms with E-state index in [1.165, 1.54) is 34.9 Å². The summed E-state index contributed by atoms with van der Waals surface area (Å²) in [5, 5.41) is 4.96. The van der Waals surface area contributed by atoms with Crippen molar-refractivity contribution >= 4 is 33.9 Å². The summed E-state index contributed by atoms with van der Waals surface area (Å²) in [6.45, 7) is 4.37. The molecule has 1 aliphatic heterocycles. The molecule has 0 radical (unpaired) electrons. The Morgan fingerprint density at radius 3 is 2.49 bits per heavy atom. The highest BCUT2D eigenvalue weighted by Gasteiger charge is 2.39. The number of amides is 1. The topological polar surface area (TPSA) is 89.7 Å². The van der Waals surface area contributed by atoms with Gasteiger partial charge in [0.1, 0.15) is 35.3 Å². The summed E-state index contributed by atoms with van der Waals surface area (Å²) < 4.78 is 96.1. The molecule has 1 amide bonds. The Kier molecular flexibility index (Phi) is 8.55. The minimum Gasteiger partial charge on any atom is -0.490 e. The fourth-order valence-electron chi connectivity index (χ4n) is 5.90. The van der Waals surface area contributed by atoms with E-state index in [-0.39, 0.29) is 58.7 Å². The number of alkyl halides is 4. The van der Waals surface area contributed by atoms with Crippen molar-refractivity contribution in [1.29, 1.82) is 0 Å². The number of rotatable bonds is 8. The molecule has 256 valence electrons. The van der Waals surface area contributed by atoms with Crippen LogP contribution in [-0.2, 0) is 24.4 Å². The number of pyridine rings is 1. The van der Waals surface area contributed by atoms with E-state index in [1.54, 1.807) is 32.4 Å². The number of hydrogen-bond acceptors (Lipinski definition) is 5. The highest BCUT2D eigenvalue weighted by atomic mass is 19.4. The molecule has 8 nitrogen and oxygen atoms in total. The van der Waals surface area contributed by atoms with Crippen LogP contribution in [0.1, 0.15) is 46.9 Å². The number of imidazole rings is 1. The Morgan fingerprint density at radius 1 is 1.10 bits per heavy atom. The number of carbonyl (C=O) groups is 2. The highest BCUT2D eigenvalue weighted by Crippen LogP contribution is 2.48. The van der Waals surface area contributed by atoms with Crippen LogP contribution in [0.3, 0.4) is 0 Å². The molecule has 2 N–H and O–H groups in total. The Bertz CT molecular complexity index is 2160. The fraction of sp³-hybridized carbons (Fsp3) is 0.286. The highest BCUT2D eigenvalue weighted by molar-refractivity contribution is 6.10. The van der Waals surface area contributed by atoms with Crippen molar-refractivity contribution in [2.45, 2.75) is 38.9 Å². The van der Waals surface area contributed by atoms with Crippen LogP contribution in [0.25, 0.3) is 27.7 Å². The number of carbonyl (C=O) groups excluding carboxylic acids is 2. The van der Waals surface area contributed by atoms with Crippen molar-refractivity contribution in [2.75, 3.05) is 25.1 Å². The van der Waals surface area contributed by atoms with Crippen molar-refractivity contribution in [3.63, 3.8) is 0 Å². The molecule has 0 spiro atoms. The number of nitrogens with one attached hydrogen (secondary N) is 2. The van der Waals surface area contributed by atoms with E-state index in [4.69, 9.17) is 4.74 Å². The second kappa shape index (κ2) is 12.4. The van der Waals surface area contributed by atoms with Gasteiger partial charge in [0.2, 0.25) is 11.7 Å². The van der Waals surface area contributed by atoms with Crippen LogP contribution >= 0.6 is 0 Å². The number of aryl methyl sites for hydroxylation is 2. The average Bonchev–Trinajstić information content (AvgIpc) is 3.55. The first-order chi connectivity index (χ1) is 23.1. The number of anilines is 1. The van der Waals surface area contributed by atoms with Gasteiger partial charge in [0.15, 0.2) is 5.75 Å². The van der Waals surface area contributed by atoms with E-state index in [9.17, 15) is 27.2 Å². The lowest BCUT2D eigenvalue weighted by Crippen LogP contribution is -2.41. The van der Waals surface area contributed by atoms with Gasteiger partial charge in [0.05, 0.1) is 28.9 Å². The van der Waals surface area contributed by atoms with Crippen LogP contribution in [0.15, 0.2) is 54.7 Å². The minimum absolute atomic E-state index is 0.0298. The van der Waals surface area contributed by atoms with Gasteiger partial charge < -0.3 is 24.3 Å². The molecule has 4 heterocycles. The van der Waals surface area contributed by atoms with E-state index in [0.29, 0.717) is 16.9 Å². The minimum atomic E-state index is -4.78. The zero-order chi connectivity index (χ0) is 35.4. The number of halogens is 6. The summed E-state index contributed by atoms with van der Waals surface area (Å²) in [7, 11) is 1.62. The first-order valence-corrected chi connectivity index (χ1v) is 15.3. The Labute approximate surface area is 276 Å². The second-order valence-electron chi connectivity index (χ2n) is 12.4. The molecule has 2 aromatic carbocycles. The van der Waals surface area contributed by atoms with Gasteiger partial charge in [-0.05, 0) is 56.7 Å². The Morgan fingerprint density at radius 2 is 1.82 bits per heavy atom. The lowest BCUT2D eigenvalue weighted by molar-refractivity contribution is -0.137. The Hall–Kier alpha value is -5.11. The van der Waals surface area contributed by atoms with Crippen LogP contribution in [0.2, 0.25) is 0 Å². The van der Waals surface area contributed by atoms with Crippen LogP contribution in [0.5, 0.6) is 5.75 Å². The maximum absolute atomic E-state index is 15.2. The SMILES string of the molecule is Cc1nc2c3c(c(C(F)(F)F)cc2n1C)-c1cccn2c(C(=O)c4cc(F)c(NC(=O)/C=C/CNC(C)(C)CF)c(F)c4)cc(c12)CCO3. The van der Waals surface area contributed by atoms with Gasteiger partial charge in [-0.15, -0.1) is 0 Å². The molecule has 0 unspecified atom stereocenters. The van der Waals surface area contributed by atoms with Gasteiger partial charge in [-0.25, -0.2) is 18.2 Å². The van der Waals surface area contributed by atoms with E-state index in [0.717, 1.165) is 24.3 Å². The molecule has 0 saturated carbocycles. The summed E-state index contributed by atoms with van der Waals surface area (Å²) >= 11 is 0. The summed E-state index contributed by atoms with van der Waals surface area (Å²) in [4.78, 5) is 30.6. The molecule has 6 rings (SSSR count). The quantitative estimate of drug-likeness (QED) is 0.104. The molecular weight excluding hydrogens is 652 g/mol. The van der Waals surface area contributed by atoms with Crippen LogP contribution in [0, 0.1) is 18.6 Å². The molecular formula is C35H31F6N5O3. The van der Waals surface area contributed by atoms with Crippen molar-refractivity contribution in [1.82, 2.24) is 19.3 Å². The van der Waals surface area contributed by atoms with E-state index in [1.807, 2.05) is 0 Å². The molecule has 3 aromatic heterocycles. The normalized spacial score (nSPS) is 13.4. The summed E-state index contributed by atoms with van der Waals surface area (Å²) in [6, 6.07) is 7.03. The number of ketones is 1. The maximum Gasteiger partial charge on any atom is 0.417 e. The fourth-order valence-corrected chi connectivity index (χ4v) is 5.90. The van der Waals surface area contributed by atoms with Gasteiger partial charge in [0, 0.05) is 54.5 Å². The van der Waals surface area contributed by atoms with Gasteiger partial charge in [-0.2, -0.15) is 13.2 Å². The summed E-state index contributed by atoms with van der Waals surface area (Å²) in [6.07, 6.45) is -0.682. The Balaban J connectivity index is 1.38. The largest absolute Gasteiger partial charge is 0.490 e. The molecule has 14 heteroatoms. The molecule has 0 aliphatic carbocycles. The van der Waals surface area contributed by atoms with Gasteiger partial charge in [-0.3, -0.25) is 9.59 Å². The molecule has 49 heavy (non-hydrogen) atoms. The second-order valence-corrected chi connectivity index (χ2v) is 12.4. The van der Waals surface area contributed by atoms with E-state index >= 15 is 8.78 Å². The molecule has 5 aromatic rings. The average molecular weight is 684 g/mol. The molecule has 0 saturated heterocycles. The lowest BCUT2D eigenvalue weighted by Gasteiger charge is -2.22. The van der Waals surface area contributed by atoms with Crippen molar-refractivity contribution in [3.05, 3.63) is 94.6 Å². The van der Waals surface area contributed by atoms with Crippen molar-refractivity contribution in [3.8, 4) is 16.9 Å². The van der Waals surface area contributed by atoms with Crippen molar-refractivity contribution < 1.29 is 40.7 Å². The van der Waals surface area contributed by atoms with Gasteiger partial charge in [0.25, 0.3) is 0 Å². The van der Waals surface area contributed by atoms with Crippen LogP contribution < -0.4 is 15.4 Å². The predicted octanol–water partition coefficient (Wildman–Crippen LogP) is 7.10. The molecule has 1 aliphatic rings. The van der Waals surface area contributed by atoms with Gasteiger partial charge >= 0.3 is 6.18 Å².